The van der Waals surface area contributed by atoms with Gasteiger partial charge in [-0.15, -0.1) is 5.10 Å². The van der Waals surface area contributed by atoms with Gasteiger partial charge in [-0.2, -0.15) is 0 Å². The smallest absolute Gasteiger partial charge is 0.338 e. The fraction of sp³-hybridized carbons (Fsp3) is 0.333. The molecule has 1 amide bonds. The van der Waals surface area contributed by atoms with Gasteiger partial charge < -0.3 is 19.7 Å². The van der Waals surface area contributed by atoms with Crippen LogP contribution in [0.3, 0.4) is 0 Å². The summed E-state index contributed by atoms with van der Waals surface area (Å²) in [5.41, 5.74) is 3.50. The van der Waals surface area contributed by atoms with Crippen molar-refractivity contribution < 1.29 is 19.1 Å². The van der Waals surface area contributed by atoms with Crippen LogP contribution in [0.4, 0.5) is 11.4 Å². The van der Waals surface area contributed by atoms with Crippen LogP contribution in [0.1, 0.15) is 17.3 Å². The van der Waals surface area contributed by atoms with Gasteiger partial charge in [-0.3, -0.25) is 4.79 Å². The lowest BCUT2D eigenvalue weighted by molar-refractivity contribution is -0.119. The number of nitrogens with one attached hydrogen (secondary N) is 1. The Morgan fingerprint density at radius 3 is 2.63 bits per heavy atom. The van der Waals surface area contributed by atoms with E-state index in [0.717, 1.165) is 24.3 Å². The monoisotopic (exact) mass is 409 g/mol. The van der Waals surface area contributed by atoms with Crippen molar-refractivity contribution in [3.63, 3.8) is 0 Å². The SMILES string of the molecule is CCn1nnc2cc(C(=O)OCC(=O)Nc3ccc(N4CCOCC4)cc3)ccc21. The lowest BCUT2D eigenvalue weighted by atomic mass is 10.2. The number of hydrogen-bond acceptors (Lipinski definition) is 7. The zero-order valence-electron chi connectivity index (χ0n) is 16.7. The van der Waals surface area contributed by atoms with E-state index < -0.39 is 11.9 Å². The number of nitrogens with zero attached hydrogens (tertiary/aromatic N) is 4. The number of carbonyl (C=O) groups excluding carboxylic acids is 2. The molecule has 0 aliphatic carbocycles. The Hall–Kier alpha value is -3.46. The first-order valence-electron chi connectivity index (χ1n) is 9.87. The molecular weight excluding hydrogens is 386 g/mol. The highest BCUT2D eigenvalue weighted by molar-refractivity contribution is 5.97. The summed E-state index contributed by atoms with van der Waals surface area (Å²) in [6.45, 7) is 5.41. The van der Waals surface area contributed by atoms with E-state index in [-0.39, 0.29) is 6.61 Å². The molecule has 1 N–H and O–H groups in total. The van der Waals surface area contributed by atoms with Gasteiger partial charge >= 0.3 is 5.97 Å². The second-order valence-corrected chi connectivity index (χ2v) is 6.88. The van der Waals surface area contributed by atoms with E-state index in [9.17, 15) is 9.59 Å². The quantitative estimate of drug-likeness (QED) is 0.623. The first-order valence-corrected chi connectivity index (χ1v) is 9.87. The fourth-order valence-corrected chi connectivity index (χ4v) is 3.32. The van der Waals surface area contributed by atoms with Crippen molar-refractivity contribution in [3.8, 4) is 0 Å². The molecule has 0 spiro atoms. The molecule has 30 heavy (non-hydrogen) atoms. The van der Waals surface area contributed by atoms with Crippen LogP contribution in [-0.2, 0) is 20.8 Å². The van der Waals surface area contributed by atoms with Gasteiger partial charge in [0.15, 0.2) is 6.61 Å². The molecular formula is C21H23N5O4. The Bertz CT molecular complexity index is 1040. The van der Waals surface area contributed by atoms with E-state index >= 15 is 0 Å². The summed E-state index contributed by atoms with van der Waals surface area (Å²) in [6.07, 6.45) is 0. The molecule has 1 aliphatic rings. The van der Waals surface area contributed by atoms with Crippen molar-refractivity contribution in [2.24, 2.45) is 0 Å². The lowest BCUT2D eigenvalue weighted by Crippen LogP contribution is -2.36. The second kappa shape index (κ2) is 8.91. The minimum Gasteiger partial charge on any atom is -0.452 e. The van der Waals surface area contributed by atoms with E-state index in [4.69, 9.17) is 9.47 Å². The molecule has 9 heteroatoms. The molecule has 2 heterocycles. The molecule has 0 saturated carbocycles. The number of benzene rings is 2. The number of morpholine rings is 1. The molecule has 1 aromatic heterocycles. The maximum Gasteiger partial charge on any atom is 0.338 e. The molecule has 0 unspecified atom stereocenters. The lowest BCUT2D eigenvalue weighted by Gasteiger charge is -2.28. The van der Waals surface area contributed by atoms with Crippen LogP contribution in [0.15, 0.2) is 42.5 Å². The number of amides is 1. The molecule has 9 nitrogen and oxygen atoms in total. The third kappa shape index (κ3) is 4.41. The van der Waals surface area contributed by atoms with Crippen molar-refractivity contribution in [1.29, 1.82) is 0 Å². The van der Waals surface area contributed by atoms with Crippen LogP contribution in [0.25, 0.3) is 11.0 Å². The molecule has 0 bridgehead atoms. The van der Waals surface area contributed by atoms with Crippen molar-refractivity contribution in [3.05, 3.63) is 48.0 Å². The van der Waals surface area contributed by atoms with Crippen molar-refractivity contribution >= 4 is 34.3 Å². The van der Waals surface area contributed by atoms with Crippen molar-refractivity contribution in [2.75, 3.05) is 43.1 Å². The van der Waals surface area contributed by atoms with Gasteiger partial charge in [0.2, 0.25) is 0 Å². The Morgan fingerprint density at radius 2 is 1.90 bits per heavy atom. The predicted molar refractivity (Wildman–Crippen MR) is 112 cm³/mol. The highest BCUT2D eigenvalue weighted by Gasteiger charge is 2.14. The standard InChI is InChI=1S/C21H23N5O4/c1-2-26-19-8-3-15(13-18(19)23-24-26)21(28)30-14-20(27)22-16-4-6-17(7-5-16)25-9-11-29-12-10-25/h3-8,13H,2,9-12,14H2,1H3,(H,22,27). The molecule has 3 aromatic rings. The molecule has 0 atom stereocenters. The zero-order valence-corrected chi connectivity index (χ0v) is 16.7. The van der Waals surface area contributed by atoms with Gasteiger partial charge in [-0.1, -0.05) is 5.21 Å². The molecule has 4 rings (SSSR count). The topological polar surface area (TPSA) is 98.6 Å². The Morgan fingerprint density at radius 1 is 1.13 bits per heavy atom. The summed E-state index contributed by atoms with van der Waals surface area (Å²) in [5.74, 6) is -0.985. The third-order valence-electron chi connectivity index (χ3n) is 4.91. The number of aromatic nitrogens is 3. The van der Waals surface area contributed by atoms with Gasteiger partial charge in [-0.25, -0.2) is 9.48 Å². The van der Waals surface area contributed by atoms with E-state index in [1.807, 2.05) is 31.2 Å². The molecule has 1 aliphatic heterocycles. The third-order valence-corrected chi connectivity index (χ3v) is 4.91. The van der Waals surface area contributed by atoms with Crippen LogP contribution in [-0.4, -0.2) is 59.8 Å². The summed E-state index contributed by atoms with van der Waals surface area (Å²) >= 11 is 0. The number of carbonyl (C=O) groups is 2. The van der Waals surface area contributed by atoms with E-state index in [2.05, 4.69) is 20.5 Å². The van der Waals surface area contributed by atoms with E-state index in [0.29, 0.717) is 36.5 Å². The van der Waals surface area contributed by atoms with Crippen LogP contribution >= 0.6 is 0 Å². The number of fused-ring (bicyclic) bond motifs is 1. The molecule has 156 valence electrons. The highest BCUT2D eigenvalue weighted by atomic mass is 16.5. The van der Waals surface area contributed by atoms with Crippen LogP contribution in [0.5, 0.6) is 0 Å². The highest BCUT2D eigenvalue weighted by Crippen LogP contribution is 2.19. The number of esters is 1. The number of hydrogen-bond donors (Lipinski definition) is 1. The molecule has 1 saturated heterocycles. The molecule has 2 aromatic carbocycles. The number of aryl methyl sites for hydroxylation is 1. The largest absolute Gasteiger partial charge is 0.452 e. The minimum absolute atomic E-state index is 0.327. The maximum absolute atomic E-state index is 12.3. The van der Waals surface area contributed by atoms with E-state index in [1.165, 1.54) is 0 Å². The first-order chi connectivity index (χ1) is 14.6. The Balaban J connectivity index is 1.30. The summed E-state index contributed by atoms with van der Waals surface area (Å²) in [6, 6.07) is 12.6. The van der Waals surface area contributed by atoms with Gasteiger partial charge in [0, 0.05) is 31.0 Å². The van der Waals surface area contributed by atoms with Gasteiger partial charge in [0.1, 0.15) is 5.52 Å². The number of anilines is 2. The van der Waals surface area contributed by atoms with Gasteiger partial charge in [0.05, 0.1) is 24.3 Å². The van der Waals surface area contributed by atoms with Crippen LogP contribution in [0.2, 0.25) is 0 Å². The van der Waals surface area contributed by atoms with Crippen LogP contribution < -0.4 is 10.2 Å². The summed E-state index contributed by atoms with van der Waals surface area (Å²) < 4.78 is 12.2. The number of rotatable bonds is 6. The summed E-state index contributed by atoms with van der Waals surface area (Å²) in [4.78, 5) is 26.6. The van der Waals surface area contributed by atoms with Gasteiger partial charge in [-0.05, 0) is 49.4 Å². The average molecular weight is 409 g/mol. The zero-order chi connectivity index (χ0) is 20.9. The Kier molecular flexibility index (Phi) is 5.89. The molecule has 1 fully saturated rings. The predicted octanol–water partition coefficient (Wildman–Crippen LogP) is 2.08. The Labute approximate surface area is 173 Å². The minimum atomic E-state index is -0.583. The maximum atomic E-state index is 12.3. The van der Waals surface area contributed by atoms with Crippen molar-refractivity contribution in [2.45, 2.75) is 13.5 Å². The first kappa shape index (κ1) is 19.8. The normalized spacial score (nSPS) is 14.0. The molecule has 0 radical (unpaired) electrons. The average Bonchev–Trinajstić information content (AvgIpc) is 3.21. The summed E-state index contributed by atoms with van der Waals surface area (Å²) in [5, 5.41) is 10.8. The number of ether oxygens (including phenoxy) is 2. The van der Waals surface area contributed by atoms with Gasteiger partial charge in [0.25, 0.3) is 5.91 Å². The summed E-state index contributed by atoms with van der Waals surface area (Å²) in [7, 11) is 0. The second-order valence-electron chi connectivity index (χ2n) is 6.88. The van der Waals surface area contributed by atoms with Crippen molar-refractivity contribution in [1.82, 2.24) is 15.0 Å². The van der Waals surface area contributed by atoms with E-state index in [1.54, 1.807) is 22.9 Å². The fourth-order valence-electron chi connectivity index (χ4n) is 3.32. The van der Waals surface area contributed by atoms with Crippen LogP contribution in [0, 0.1) is 0 Å².